The molecule has 1 aromatic carbocycles. The number of ether oxygens (including phenoxy) is 1. The molecule has 5 heteroatoms. The maximum Gasteiger partial charge on any atom is 0.119 e. The summed E-state index contributed by atoms with van der Waals surface area (Å²) in [4.78, 5) is 2.12. The molecule has 0 saturated carbocycles. The average Bonchev–Trinajstić information content (AvgIpc) is 2.76. The molecule has 18 heavy (non-hydrogen) atoms. The lowest BCUT2D eigenvalue weighted by molar-refractivity contribution is 0.199. The van der Waals surface area contributed by atoms with Crippen LogP contribution in [-0.2, 0) is 6.67 Å². The lowest BCUT2D eigenvalue weighted by Crippen LogP contribution is -2.27. The molecule has 0 saturated heterocycles. The molecule has 0 amide bonds. The van der Waals surface area contributed by atoms with E-state index in [0.29, 0.717) is 18.3 Å². The third kappa shape index (κ3) is 4.05. The van der Waals surface area contributed by atoms with Crippen LogP contribution in [-0.4, -0.2) is 34.9 Å². The Morgan fingerprint density at radius 1 is 1.33 bits per heavy atom. The van der Waals surface area contributed by atoms with Crippen LogP contribution in [0.5, 0.6) is 5.75 Å². The highest BCUT2D eigenvalue weighted by molar-refractivity contribution is 6.30. The van der Waals surface area contributed by atoms with E-state index in [2.05, 4.69) is 10.00 Å². The Morgan fingerprint density at radius 3 is 2.78 bits per heavy atom. The van der Waals surface area contributed by atoms with Gasteiger partial charge in [0.25, 0.3) is 0 Å². The summed E-state index contributed by atoms with van der Waals surface area (Å²) in [6.45, 7) is 2.17. The molecule has 0 fully saturated rings. The van der Waals surface area contributed by atoms with Crippen LogP contribution in [0.1, 0.15) is 0 Å². The molecule has 2 aromatic rings. The van der Waals surface area contributed by atoms with Crippen LogP contribution in [0.3, 0.4) is 0 Å². The molecular formula is C13H16ClN3O. The molecule has 0 spiro atoms. The third-order valence-corrected chi connectivity index (χ3v) is 2.67. The van der Waals surface area contributed by atoms with Gasteiger partial charge in [0.1, 0.15) is 12.4 Å². The second kappa shape index (κ2) is 6.42. The Kier molecular flexibility index (Phi) is 4.61. The molecule has 1 heterocycles. The first-order chi connectivity index (χ1) is 8.74. The van der Waals surface area contributed by atoms with Crippen LogP contribution < -0.4 is 4.74 Å². The maximum absolute atomic E-state index is 5.80. The number of para-hydroxylation sites is 1. The van der Waals surface area contributed by atoms with E-state index in [9.17, 15) is 0 Å². The van der Waals surface area contributed by atoms with Gasteiger partial charge in [-0.3, -0.25) is 9.58 Å². The first-order valence-electron chi connectivity index (χ1n) is 5.78. The van der Waals surface area contributed by atoms with Gasteiger partial charge in [-0.15, -0.1) is 0 Å². The van der Waals surface area contributed by atoms with Crippen molar-refractivity contribution in [3.8, 4) is 5.75 Å². The van der Waals surface area contributed by atoms with Crippen LogP contribution >= 0.6 is 11.6 Å². The molecule has 0 N–H and O–H groups in total. The van der Waals surface area contributed by atoms with Gasteiger partial charge in [-0.25, -0.2) is 0 Å². The third-order valence-electron chi connectivity index (χ3n) is 2.47. The zero-order valence-electron chi connectivity index (χ0n) is 10.3. The molecule has 0 aliphatic heterocycles. The van der Waals surface area contributed by atoms with Gasteiger partial charge in [-0.1, -0.05) is 29.8 Å². The first-order valence-corrected chi connectivity index (χ1v) is 6.16. The van der Waals surface area contributed by atoms with Gasteiger partial charge in [0, 0.05) is 12.7 Å². The number of hydrogen-bond donors (Lipinski definition) is 0. The highest BCUT2D eigenvalue weighted by Gasteiger charge is 2.01. The van der Waals surface area contributed by atoms with Crippen molar-refractivity contribution in [2.45, 2.75) is 6.67 Å². The molecule has 0 aliphatic carbocycles. The monoisotopic (exact) mass is 265 g/mol. The fourth-order valence-corrected chi connectivity index (χ4v) is 1.73. The van der Waals surface area contributed by atoms with Crippen molar-refractivity contribution in [3.63, 3.8) is 0 Å². The van der Waals surface area contributed by atoms with E-state index in [1.807, 2.05) is 37.4 Å². The number of nitrogens with zero attached hydrogens (tertiary/aromatic N) is 3. The molecule has 2 rings (SSSR count). The van der Waals surface area contributed by atoms with Crippen molar-refractivity contribution >= 4 is 11.6 Å². The van der Waals surface area contributed by atoms with Crippen LogP contribution in [0, 0.1) is 0 Å². The minimum atomic E-state index is 0.648. The highest BCUT2D eigenvalue weighted by atomic mass is 35.5. The van der Waals surface area contributed by atoms with Gasteiger partial charge in [-0.05, 0) is 19.2 Å². The normalized spacial score (nSPS) is 10.8. The first kappa shape index (κ1) is 12.9. The van der Waals surface area contributed by atoms with Crippen molar-refractivity contribution in [2.75, 3.05) is 20.2 Å². The molecule has 1 aromatic heterocycles. The lowest BCUT2D eigenvalue weighted by Gasteiger charge is -2.16. The summed E-state index contributed by atoms with van der Waals surface area (Å²) < 4.78 is 7.42. The Morgan fingerprint density at radius 2 is 2.11 bits per heavy atom. The van der Waals surface area contributed by atoms with E-state index in [4.69, 9.17) is 16.3 Å². The number of rotatable bonds is 6. The van der Waals surface area contributed by atoms with Gasteiger partial charge in [0.2, 0.25) is 0 Å². The Labute approximate surface area is 112 Å². The second-order valence-corrected chi connectivity index (χ2v) is 4.52. The molecule has 96 valence electrons. The topological polar surface area (TPSA) is 30.3 Å². The lowest BCUT2D eigenvalue weighted by atomic mass is 10.3. The number of likely N-dealkylation sites (N-methyl/N-ethyl adjacent to an activating group) is 1. The maximum atomic E-state index is 5.80. The summed E-state index contributed by atoms with van der Waals surface area (Å²) in [6, 6.07) is 9.80. The quantitative estimate of drug-likeness (QED) is 0.804. The number of hydrogen-bond acceptors (Lipinski definition) is 3. The Hall–Kier alpha value is -1.52. The van der Waals surface area contributed by atoms with Crippen LogP contribution in [0.25, 0.3) is 0 Å². The van der Waals surface area contributed by atoms with E-state index in [1.165, 1.54) is 0 Å². The SMILES string of the molecule is CN(CCOc1ccccc1)Cn1cc(Cl)cn1. The molecule has 0 atom stereocenters. The van der Waals surface area contributed by atoms with Crippen molar-refractivity contribution in [3.05, 3.63) is 47.7 Å². The predicted molar refractivity (Wildman–Crippen MR) is 71.8 cm³/mol. The molecule has 0 radical (unpaired) electrons. The van der Waals surface area contributed by atoms with Crippen molar-refractivity contribution in [1.82, 2.24) is 14.7 Å². The highest BCUT2D eigenvalue weighted by Crippen LogP contribution is 2.08. The van der Waals surface area contributed by atoms with Crippen LogP contribution in [0.15, 0.2) is 42.7 Å². The number of halogens is 1. The van der Waals surface area contributed by atoms with E-state index >= 15 is 0 Å². The molecular weight excluding hydrogens is 250 g/mol. The Bertz CT molecular complexity index is 472. The van der Waals surface area contributed by atoms with Crippen LogP contribution in [0.4, 0.5) is 0 Å². The molecule has 0 aliphatic rings. The van der Waals surface area contributed by atoms with Crippen molar-refractivity contribution in [1.29, 1.82) is 0 Å². The predicted octanol–water partition coefficient (Wildman–Crippen LogP) is 2.50. The molecule has 0 unspecified atom stereocenters. The van der Waals surface area contributed by atoms with Crippen molar-refractivity contribution in [2.24, 2.45) is 0 Å². The largest absolute Gasteiger partial charge is 0.492 e. The Balaban J connectivity index is 1.70. The molecule has 0 bridgehead atoms. The summed E-state index contributed by atoms with van der Waals surface area (Å²) >= 11 is 5.80. The number of aromatic nitrogens is 2. The van der Waals surface area contributed by atoms with Gasteiger partial charge in [0.15, 0.2) is 0 Å². The fraction of sp³-hybridized carbons (Fsp3) is 0.308. The van der Waals surface area contributed by atoms with Gasteiger partial charge in [-0.2, -0.15) is 5.10 Å². The van der Waals surface area contributed by atoms with E-state index < -0.39 is 0 Å². The zero-order valence-corrected chi connectivity index (χ0v) is 11.0. The second-order valence-electron chi connectivity index (χ2n) is 4.08. The fourth-order valence-electron chi connectivity index (χ4n) is 1.57. The van der Waals surface area contributed by atoms with Crippen molar-refractivity contribution < 1.29 is 4.74 Å². The van der Waals surface area contributed by atoms with Gasteiger partial charge < -0.3 is 4.74 Å². The summed E-state index contributed by atoms with van der Waals surface area (Å²) in [5, 5.41) is 4.78. The summed E-state index contributed by atoms with van der Waals surface area (Å²) in [5.41, 5.74) is 0. The minimum Gasteiger partial charge on any atom is -0.492 e. The van der Waals surface area contributed by atoms with E-state index in [1.54, 1.807) is 17.1 Å². The standard InChI is InChI=1S/C13H16ClN3O/c1-16(11-17-10-12(14)9-15-17)7-8-18-13-5-3-2-4-6-13/h2-6,9-10H,7-8,11H2,1H3. The molecule has 4 nitrogen and oxygen atoms in total. The van der Waals surface area contributed by atoms with Gasteiger partial charge >= 0.3 is 0 Å². The summed E-state index contributed by atoms with van der Waals surface area (Å²) in [6.07, 6.45) is 3.44. The smallest absolute Gasteiger partial charge is 0.119 e. The summed E-state index contributed by atoms with van der Waals surface area (Å²) in [5.74, 6) is 0.896. The zero-order chi connectivity index (χ0) is 12.8. The summed E-state index contributed by atoms with van der Waals surface area (Å²) in [7, 11) is 2.02. The minimum absolute atomic E-state index is 0.648. The van der Waals surface area contributed by atoms with Gasteiger partial charge in [0.05, 0.1) is 17.9 Å². The van der Waals surface area contributed by atoms with E-state index in [-0.39, 0.29) is 0 Å². The average molecular weight is 266 g/mol. The van der Waals surface area contributed by atoms with E-state index in [0.717, 1.165) is 12.3 Å². The number of benzene rings is 1. The van der Waals surface area contributed by atoms with Crippen LogP contribution in [0.2, 0.25) is 5.02 Å².